The third-order valence-corrected chi connectivity index (χ3v) is 2.94. The quantitative estimate of drug-likeness (QED) is 0.520. The van der Waals surface area contributed by atoms with Gasteiger partial charge in [-0.3, -0.25) is 0 Å². The molecule has 0 aliphatic heterocycles. The van der Waals surface area contributed by atoms with Crippen molar-refractivity contribution in [2.75, 3.05) is 0 Å². The van der Waals surface area contributed by atoms with Crippen LogP contribution in [0.4, 0.5) is 13.2 Å². The van der Waals surface area contributed by atoms with E-state index in [1.807, 2.05) is 6.07 Å². The number of rotatable bonds is 3. The van der Waals surface area contributed by atoms with E-state index in [1.54, 1.807) is 30.3 Å². The summed E-state index contributed by atoms with van der Waals surface area (Å²) >= 11 is 0. The molecule has 2 nitrogen and oxygen atoms in total. The number of benzene rings is 2. The summed E-state index contributed by atoms with van der Waals surface area (Å²) in [6, 6.07) is 14.4. The van der Waals surface area contributed by atoms with Crippen molar-refractivity contribution in [1.82, 2.24) is 0 Å². The van der Waals surface area contributed by atoms with Gasteiger partial charge in [-0.15, -0.1) is 0 Å². The summed E-state index contributed by atoms with van der Waals surface area (Å²) in [7, 11) is 0. The molecule has 0 saturated carbocycles. The van der Waals surface area contributed by atoms with Gasteiger partial charge < -0.3 is 5.84 Å². The Morgan fingerprint density at radius 2 is 1.55 bits per heavy atom. The first-order valence-electron chi connectivity index (χ1n) is 5.99. The van der Waals surface area contributed by atoms with Crippen molar-refractivity contribution in [3.05, 3.63) is 71.3 Å². The lowest BCUT2D eigenvalue weighted by Gasteiger charge is -2.13. The van der Waals surface area contributed by atoms with E-state index in [0.717, 1.165) is 6.07 Å². The van der Waals surface area contributed by atoms with Crippen molar-refractivity contribution in [1.29, 1.82) is 0 Å². The van der Waals surface area contributed by atoms with E-state index in [1.165, 1.54) is 12.1 Å². The standard InChI is InChI=1S/C15H13F3N2/c16-15(17,18)13-9-5-4-8-12(13)10-14(20-19)11-6-2-1-3-7-11/h1-9H,10,19H2. The number of alkyl halides is 3. The minimum atomic E-state index is -4.38. The molecule has 104 valence electrons. The Kier molecular flexibility index (Phi) is 4.08. The molecular formula is C15H13F3N2. The SMILES string of the molecule is NN=C(Cc1ccccc1C(F)(F)F)c1ccccc1. The van der Waals surface area contributed by atoms with E-state index in [-0.39, 0.29) is 12.0 Å². The topological polar surface area (TPSA) is 38.4 Å². The minimum absolute atomic E-state index is 0.0379. The number of nitrogens with zero attached hydrogens (tertiary/aromatic N) is 1. The van der Waals surface area contributed by atoms with Gasteiger partial charge in [-0.05, 0) is 17.2 Å². The maximum atomic E-state index is 12.9. The number of nitrogens with two attached hydrogens (primary N) is 1. The monoisotopic (exact) mass is 278 g/mol. The van der Waals surface area contributed by atoms with Gasteiger partial charge in [-0.2, -0.15) is 18.3 Å². The molecule has 0 unspecified atom stereocenters. The Hall–Kier alpha value is -2.30. The van der Waals surface area contributed by atoms with Crippen LogP contribution in [0.15, 0.2) is 59.7 Å². The third kappa shape index (κ3) is 3.17. The van der Waals surface area contributed by atoms with Gasteiger partial charge >= 0.3 is 6.18 Å². The van der Waals surface area contributed by atoms with Crippen LogP contribution in [-0.2, 0) is 12.6 Å². The molecule has 0 spiro atoms. The van der Waals surface area contributed by atoms with Crippen LogP contribution in [-0.4, -0.2) is 5.71 Å². The molecule has 2 N–H and O–H groups in total. The van der Waals surface area contributed by atoms with Gasteiger partial charge in [-0.25, -0.2) is 0 Å². The maximum Gasteiger partial charge on any atom is 0.416 e. The normalized spacial score (nSPS) is 12.4. The molecule has 0 saturated heterocycles. The highest BCUT2D eigenvalue weighted by atomic mass is 19.4. The molecule has 0 bridgehead atoms. The Balaban J connectivity index is 2.35. The van der Waals surface area contributed by atoms with E-state index in [9.17, 15) is 13.2 Å². The first kappa shape index (κ1) is 14.1. The molecule has 0 aliphatic rings. The predicted octanol–water partition coefficient (Wildman–Crippen LogP) is 3.61. The van der Waals surface area contributed by atoms with Crippen LogP contribution in [0.3, 0.4) is 0 Å². The number of hydrazone groups is 1. The van der Waals surface area contributed by atoms with E-state index in [2.05, 4.69) is 5.10 Å². The number of halogens is 3. The summed E-state index contributed by atoms with van der Waals surface area (Å²) < 4.78 is 38.8. The van der Waals surface area contributed by atoms with E-state index < -0.39 is 11.7 Å². The lowest BCUT2D eigenvalue weighted by Crippen LogP contribution is -2.14. The third-order valence-electron chi connectivity index (χ3n) is 2.94. The molecule has 0 atom stereocenters. The number of hydrogen-bond acceptors (Lipinski definition) is 2. The molecule has 2 rings (SSSR count). The zero-order chi connectivity index (χ0) is 14.6. The molecule has 20 heavy (non-hydrogen) atoms. The largest absolute Gasteiger partial charge is 0.416 e. The highest BCUT2D eigenvalue weighted by molar-refractivity contribution is 6.01. The van der Waals surface area contributed by atoms with E-state index >= 15 is 0 Å². The fourth-order valence-electron chi connectivity index (χ4n) is 1.98. The minimum Gasteiger partial charge on any atom is -0.323 e. The molecular weight excluding hydrogens is 265 g/mol. The maximum absolute atomic E-state index is 12.9. The second kappa shape index (κ2) is 5.77. The average Bonchev–Trinajstić information content (AvgIpc) is 2.45. The first-order chi connectivity index (χ1) is 9.52. The van der Waals surface area contributed by atoms with Gasteiger partial charge in [0.1, 0.15) is 0 Å². The van der Waals surface area contributed by atoms with Crippen molar-refractivity contribution in [2.24, 2.45) is 10.9 Å². The second-order valence-electron chi connectivity index (χ2n) is 4.27. The van der Waals surface area contributed by atoms with Crippen LogP contribution in [0.2, 0.25) is 0 Å². The Bertz CT molecular complexity index is 604. The van der Waals surface area contributed by atoms with Crippen molar-refractivity contribution in [3.63, 3.8) is 0 Å². The van der Waals surface area contributed by atoms with Crippen molar-refractivity contribution < 1.29 is 13.2 Å². The molecule has 0 aliphatic carbocycles. The summed E-state index contributed by atoms with van der Waals surface area (Å²) in [6.07, 6.45) is -4.34. The predicted molar refractivity (Wildman–Crippen MR) is 72.3 cm³/mol. The van der Waals surface area contributed by atoms with E-state index in [0.29, 0.717) is 11.3 Å². The first-order valence-corrected chi connectivity index (χ1v) is 5.99. The zero-order valence-corrected chi connectivity index (χ0v) is 10.6. The highest BCUT2D eigenvalue weighted by Crippen LogP contribution is 2.32. The Labute approximate surface area is 114 Å². The van der Waals surface area contributed by atoms with Crippen molar-refractivity contribution in [2.45, 2.75) is 12.6 Å². The lowest BCUT2D eigenvalue weighted by atomic mass is 9.98. The molecule has 0 fully saturated rings. The van der Waals surface area contributed by atoms with Crippen molar-refractivity contribution in [3.8, 4) is 0 Å². The second-order valence-corrected chi connectivity index (χ2v) is 4.27. The van der Waals surface area contributed by atoms with Crippen LogP contribution in [0.25, 0.3) is 0 Å². The molecule has 2 aromatic carbocycles. The molecule has 5 heteroatoms. The highest BCUT2D eigenvalue weighted by Gasteiger charge is 2.33. The fraction of sp³-hybridized carbons (Fsp3) is 0.133. The Morgan fingerprint density at radius 3 is 2.15 bits per heavy atom. The van der Waals surface area contributed by atoms with Crippen LogP contribution in [0, 0.1) is 0 Å². The van der Waals surface area contributed by atoms with Crippen LogP contribution in [0.5, 0.6) is 0 Å². The zero-order valence-electron chi connectivity index (χ0n) is 10.6. The van der Waals surface area contributed by atoms with Gasteiger partial charge in [0.05, 0.1) is 11.3 Å². The molecule has 0 heterocycles. The molecule has 2 aromatic rings. The summed E-state index contributed by atoms with van der Waals surface area (Å²) in [5.41, 5.74) is 0.638. The van der Waals surface area contributed by atoms with Gasteiger partial charge in [0.15, 0.2) is 0 Å². The van der Waals surface area contributed by atoms with Crippen molar-refractivity contribution >= 4 is 5.71 Å². The average molecular weight is 278 g/mol. The smallest absolute Gasteiger partial charge is 0.323 e. The summed E-state index contributed by atoms with van der Waals surface area (Å²) in [6.45, 7) is 0. The fourth-order valence-corrected chi connectivity index (χ4v) is 1.98. The van der Waals surface area contributed by atoms with Gasteiger partial charge in [0.25, 0.3) is 0 Å². The lowest BCUT2D eigenvalue weighted by molar-refractivity contribution is -0.138. The number of hydrogen-bond donors (Lipinski definition) is 1. The summed E-state index contributed by atoms with van der Waals surface area (Å²) in [5, 5.41) is 3.63. The molecule has 0 radical (unpaired) electrons. The van der Waals surface area contributed by atoms with Gasteiger partial charge in [0, 0.05) is 6.42 Å². The Morgan fingerprint density at radius 1 is 0.950 bits per heavy atom. The van der Waals surface area contributed by atoms with Gasteiger partial charge in [0.2, 0.25) is 0 Å². The molecule has 0 amide bonds. The van der Waals surface area contributed by atoms with Gasteiger partial charge in [-0.1, -0.05) is 48.5 Å². The molecule has 0 aromatic heterocycles. The van der Waals surface area contributed by atoms with E-state index in [4.69, 9.17) is 5.84 Å². The van der Waals surface area contributed by atoms with Crippen LogP contribution < -0.4 is 5.84 Å². The van der Waals surface area contributed by atoms with Crippen LogP contribution >= 0.6 is 0 Å². The summed E-state index contributed by atoms with van der Waals surface area (Å²) in [5.74, 6) is 5.32. The summed E-state index contributed by atoms with van der Waals surface area (Å²) in [4.78, 5) is 0. The van der Waals surface area contributed by atoms with Crippen LogP contribution in [0.1, 0.15) is 16.7 Å².